The van der Waals surface area contributed by atoms with Gasteiger partial charge in [-0.25, -0.2) is 0 Å². The van der Waals surface area contributed by atoms with E-state index in [1.807, 2.05) is 30.3 Å². The molecule has 0 bridgehead atoms. The molecular formula is C12H10NNaO3S. The Kier molecular flexibility index (Phi) is 4.64. The van der Waals surface area contributed by atoms with Gasteiger partial charge < -0.3 is 0 Å². The molecule has 1 heterocycles. The summed E-state index contributed by atoms with van der Waals surface area (Å²) < 4.78 is 17.3. The molecule has 18 heavy (non-hydrogen) atoms. The predicted octanol–water partition coefficient (Wildman–Crippen LogP) is 1.85. The van der Waals surface area contributed by atoms with Crippen LogP contribution in [0.25, 0.3) is 11.3 Å². The molecule has 0 amide bonds. The molecule has 1 atom stereocenters. The Balaban J connectivity index is 2.58. The molecule has 2 rings (SSSR count). The molecule has 1 unspecified atom stereocenters. The average Bonchev–Trinajstić information content (AvgIpc) is 2.83. The molecule has 0 fully saturated rings. The Bertz CT molecular complexity index is 554. The second-order valence-corrected chi connectivity index (χ2v) is 5.79. The summed E-state index contributed by atoms with van der Waals surface area (Å²) in [5, 5.41) is 4.03. The Morgan fingerprint density at radius 2 is 2.11 bits per heavy atom. The number of hydrogen-bond acceptors (Lipinski definition) is 4. The van der Waals surface area contributed by atoms with Gasteiger partial charge in [-0.05, 0) is 0 Å². The van der Waals surface area contributed by atoms with Crippen molar-refractivity contribution in [1.29, 1.82) is 0 Å². The van der Waals surface area contributed by atoms with E-state index in [4.69, 9.17) is 4.52 Å². The van der Waals surface area contributed by atoms with Gasteiger partial charge in [0.2, 0.25) is 0 Å². The van der Waals surface area contributed by atoms with E-state index in [-0.39, 0.29) is 10.8 Å². The van der Waals surface area contributed by atoms with Gasteiger partial charge in [0.15, 0.2) is 0 Å². The summed E-state index contributed by atoms with van der Waals surface area (Å²) in [5.41, 5.74) is 1.15. The molecule has 0 saturated heterocycles. The number of carbonyl (C=O) groups is 1. The van der Waals surface area contributed by atoms with Gasteiger partial charge in [-0.1, -0.05) is 0 Å². The van der Waals surface area contributed by atoms with E-state index in [0.717, 1.165) is 33.5 Å². The van der Waals surface area contributed by atoms with E-state index in [2.05, 4.69) is 5.16 Å². The monoisotopic (exact) mass is 271 g/mol. The SMILES string of the molecule is C[S+]([O-])c1noc(-c2ccccc2)c1C(=O)[CH2][Na]. The molecule has 0 spiro atoms. The average molecular weight is 271 g/mol. The van der Waals surface area contributed by atoms with E-state index in [1.165, 1.54) is 6.26 Å². The zero-order valence-electron chi connectivity index (χ0n) is 10.2. The first-order valence-electron chi connectivity index (χ1n) is 5.56. The fourth-order valence-corrected chi connectivity index (χ4v) is 2.67. The summed E-state index contributed by atoms with van der Waals surface area (Å²) in [5.74, 6) is 0.369. The second-order valence-electron chi connectivity index (χ2n) is 3.79. The summed E-state index contributed by atoms with van der Waals surface area (Å²) in [6.07, 6.45) is 1.50. The van der Waals surface area contributed by atoms with Gasteiger partial charge in [-0.2, -0.15) is 0 Å². The Morgan fingerprint density at radius 1 is 1.44 bits per heavy atom. The third-order valence-electron chi connectivity index (χ3n) is 2.57. The number of aromatic nitrogens is 1. The molecule has 1 aromatic heterocycles. The fourth-order valence-electron chi connectivity index (χ4n) is 1.68. The second kappa shape index (κ2) is 6.04. The molecule has 0 saturated carbocycles. The van der Waals surface area contributed by atoms with Crippen molar-refractivity contribution in [2.75, 3.05) is 6.26 Å². The van der Waals surface area contributed by atoms with Crippen LogP contribution in [0.2, 0.25) is 3.67 Å². The number of carbonyl (C=O) groups excluding carboxylic acids is 1. The van der Waals surface area contributed by atoms with Crippen molar-refractivity contribution in [2.24, 2.45) is 0 Å². The number of benzene rings is 1. The maximum atomic E-state index is 12.0. The molecule has 4 nitrogen and oxygen atoms in total. The Labute approximate surface area is 125 Å². The van der Waals surface area contributed by atoms with Crippen molar-refractivity contribution in [3.8, 4) is 11.3 Å². The van der Waals surface area contributed by atoms with Gasteiger partial charge in [0.05, 0.1) is 0 Å². The molecule has 6 heteroatoms. The normalized spacial score (nSPS) is 12.4. The van der Waals surface area contributed by atoms with Crippen molar-refractivity contribution in [3.63, 3.8) is 0 Å². The standard InChI is InChI=1S/C12H10NO3S.Na/c1-8(14)10-11(9-6-4-3-5-7-9)16-13-12(10)17(2)15;/h3-7H,1H2,2H3;. The van der Waals surface area contributed by atoms with Gasteiger partial charge in [0, 0.05) is 0 Å². The minimum absolute atomic E-state index is 0.0491. The molecule has 1 aromatic carbocycles. The molecule has 2 aromatic rings. The van der Waals surface area contributed by atoms with E-state index in [1.54, 1.807) is 0 Å². The number of nitrogens with zero attached hydrogens (tertiary/aromatic N) is 1. The molecule has 88 valence electrons. The fraction of sp³-hybridized carbons (Fsp3) is 0.167. The van der Waals surface area contributed by atoms with Gasteiger partial charge in [0.25, 0.3) is 0 Å². The van der Waals surface area contributed by atoms with E-state index in [9.17, 15) is 9.35 Å². The van der Waals surface area contributed by atoms with E-state index >= 15 is 0 Å². The van der Waals surface area contributed by atoms with Crippen molar-refractivity contribution in [2.45, 2.75) is 8.70 Å². The summed E-state index contributed by atoms with van der Waals surface area (Å²) in [7, 11) is 0. The topological polar surface area (TPSA) is 66.2 Å². The summed E-state index contributed by atoms with van der Waals surface area (Å²) in [6.45, 7) is 0. The predicted molar refractivity (Wildman–Crippen MR) is 69.2 cm³/mol. The number of ketones is 1. The van der Waals surface area contributed by atoms with Crippen LogP contribution in [0.4, 0.5) is 0 Å². The van der Waals surface area contributed by atoms with Crippen LogP contribution in [-0.4, -0.2) is 49.7 Å². The molecule has 0 radical (unpaired) electrons. The van der Waals surface area contributed by atoms with Crippen molar-refractivity contribution >= 4 is 44.9 Å². The van der Waals surface area contributed by atoms with Gasteiger partial charge in [-0.15, -0.1) is 0 Å². The quantitative estimate of drug-likeness (QED) is 0.483. The van der Waals surface area contributed by atoms with Crippen LogP contribution in [0.15, 0.2) is 39.9 Å². The van der Waals surface area contributed by atoms with Gasteiger partial charge >= 0.3 is 126 Å². The third kappa shape index (κ3) is 2.70. The molecule has 0 N–H and O–H groups in total. The summed E-state index contributed by atoms with van der Waals surface area (Å²) in [6, 6.07) is 9.28. The molecule has 0 aliphatic heterocycles. The summed E-state index contributed by atoms with van der Waals surface area (Å²) in [4.78, 5) is 12.0. The molecule has 0 aliphatic rings. The van der Waals surface area contributed by atoms with E-state index in [0.29, 0.717) is 15.0 Å². The van der Waals surface area contributed by atoms with Crippen LogP contribution >= 0.6 is 0 Å². The zero-order valence-corrected chi connectivity index (χ0v) is 13.0. The minimum atomic E-state index is -1.33. The van der Waals surface area contributed by atoms with Crippen LogP contribution in [0, 0.1) is 0 Å². The van der Waals surface area contributed by atoms with Crippen LogP contribution in [-0.2, 0) is 11.2 Å². The van der Waals surface area contributed by atoms with Crippen molar-refractivity contribution in [3.05, 3.63) is 35.9 Å². The van der Waals surface area contributed by atoms with Gasteiger partial charge in [0.1, 0.15) is 0 Å². The third-order valence-corrected chi connectivity index (χ3v) is 4.03. The maximum absolute atomic E-state index is 12.0. The molecule has 0 aliphatic carbocycles. The first-order valence-corrected chi connectivity index (χ1v) is 8.54. The first-order chi connectivity index (χ1) is 8.65. The van der Waals surface area contributed by atoms with Crippen molar-refractivity contribution in [1.82, 2.24) is 5.16 Å². The van der Waals surface area contributed by atoms with Crippen LogP contribution in [0.3, 0.4) is 0 Å². The van der Waals surface area contributed by atoms with Crippen LogP contribution in [0.5, 0.6) is 0 Å². The van der Waals surface area contributed by atoms with Crippen LogP contribution < -0.4 is 0 Å². The van der Waals surface area contributed by atoms with Gasteiger partial charge in [-0.3, -0.25) is 0 Å². The summed E-state index contributed by atoms with van der Waals surface area (Å²) >= 11 is -0.571. The molecular weight excluding hydrogens is 261 g/mol. The van der Waals surface area contributed by atoms with E-state index < -0.39 is 11.2 Å². The van der Waals surface area contributed by atoms with Crippen LogP contribution in [0.1, 0.15) is 10.4 Å². The number of hydrogen-bond donors (Lipinski definition) is 0. The first kappa shape index (κ1) is 13.8. The Morgan fingerprint density at radius 3 is 2.67 bits per heavy atom. The number of Topliss-reactive ketones (excluding diaryl/α,β-unsaturated/α-hetero) is 1. The van der Waals surface area contributed by atoms with Crippen molar-refractivity contribution < 1.29 is 13.9 Å². The number of rotatable bonds is 4. The Hall–Kier alpha value is -0.590. The zero-order chi connectivity index (χ0) is 13.1.